The summed E-state index contributed by atoms with van der Waals surface area (Å²) in [6.07, 6.45) is 3.91. The van der Waals surface area contributed by atoms with Crippen molar-refractivity contribution < 1.29 is 13.6 Å². The van der Waals surface area contributed by atoms with E-state index in [-0.39, 0.29) is 24.2 Å². The van der Waals surface area contributed by atoms with Gasteiger partial charge in [-0.05, 0) is 59.3 Å². The normalized spacial score (nSPS) is 12.0. The zero-order valence-electron chi connectivity index (χ0n) is 14.1. The number of halogens is 2. The van der Waals surface area contributed by atoms with Crippen molar-refractivity contribution in [1.82, 2.24) is 15.3 Å². The van der Waals surface area contributed by atoms with Crippen molar-refractivity contribution >= 4 is 21.8 Å². The minimum Gasteiger partial charge on any atom is -0.441 e. The lowest BCUT2D eigenvalue weighted by Gasteiger charge is -2.13. The maximum atomic E-state index is 13.0. The number of oxazole rings is 1. The van der Waals surface area contributed by atoms with Crippen LogP contribution in [-0.2, 0) is 11.2 Å². The molecule has 0 aliphatic rings. The average Bonchev–Trinajstić information content (AvgIpc) is 3.10. The maximum Gasteiger partial charge on any atom is 0.221 e. The van der Waals surface area contributed by atoms with Crippen LogP contribution < -0.4 is 5.32 Å². The highest BCUT2D eigenvalue weighted by Crippen LogP contribution is 2.21. The van der Waals surface area contributed by atoms with Gasteiger partial charge in [0.25, 0.3) is 0 Å². The number of benzene rings is 1. The molecule has 5 nitrogen and oxygen atoms in total. The number of carbonyl (C=O) groups is 1. The van der Waals surface area contributed by atoms with Gasteiger partial charge < -0.3 is 9.73 Å². The summed E-state index contributed by atoms with van der Waals surface area (Å²) in [7, 11) is 0. The Labute approximate surface area is 158 Å². The van der Waals surface area contributed by atoms with Gasteiger partial charge in [-0.15, -0.1) is 0 Å². The van der Waals surface area contributed by atoms with Gasteiger partial charge in [-0.3, -0.25) is 9.78 Å². The molecule has 0 saturated heterocycles. The molecular formula is C19H17BrFN3O2. The Morgan fingerprint density at radius 2 is 1.96 bits per heavy atom. The van der Waals surface area contributed by atoms with Crippen molar-refractivity contribution in [1.29, 1.82) is 0 Å². The van der Waals surface area contributed by atoms with Crippen LogP contribution in [0.3, 0.4) is 0 Å². The predicted molar refractivity (Wildman–Crippen MR) is 98.7 cm³/mol. The molecule has 1 N–H and O–H groups in total. The molecule has 1 atom stereocenters. The van der Waals surface area contributed by atoms with E-state index >= 15 is 0 Å². The quantitative estimate of drug-likeness (QED) is 0.643. The number of hydrogen-bond donors (Lipinski definition) is 1. The van der Waals surface area contributed by atoms with Crippen LogP contribution in [0.15, 0.2) is 57.7 Å². The molecule has 0 aliphatic carbocycles. The van der Waals surface area contributed by atoms with Crippen LogP contribution in [0.2, 0.25) is 0 Å². The van der Waals surface area contributed by atoms with Crippen LogP contribution in [0, 0.1) is 5.82 Å². The topological polar surface area (TPSA) is 68.0 Å². The number of nitrogens with zero attached hydrogens (tertiary/aromatic N) is 2. The summed E-state index contributed by atoms with van der Waals surface area (Å²) in [5.74, 6) is 0.602. The molecular weight excluding hydrogens is 401 g/mol. The SMILES string of the molecule is CC(NC(=O)CCc1ncc(-c2ccc(F)cc2)o1)c1ccc(Br)cn1. The summed E-state index contributed by atoms with van der Waals surface area (Å²) in [4.78, 5) is 20.6. The lowest BCUT2D eigenvalue weighted by atomic mass is 10.2. The van der Waals surface area contributed by atoms with Crippen molar-refractivity contribution in [3.8, 4) is 11.3 Å². The van der Waals surface area contributed by atoms with Gasteiger partial charge in [0.1, 0.15) is 5.82 Å². The molecule has 3 aromatic rings. The third-order valence-electron chi connectivity index (χ3n) is 3.82. The highest BCUT2D eigenvalue weighted by molar-refractivity contribution is 9.10. The average molecular weight is 418 g/mol. The van der Waals surface area contributed by atoms with Gasteiger partial charge in [0, 0.05) is 29.1 Å². The molecule has 0 bridgehead atoms. The van der Waals surface area contributed by atoms with Gasteiger partial charge >= 0.3 is 0 Å². The van der Waals surface area contributed by atoms with Gasteiger partial charge in [-0.25, -0.2) is 9.37 Å². The first-order valence-corrected chi connectivity index (χ1v) is 8.92. The third-order valence-corrected chi connectivity index (χ3v) is 4.29. The van der Waals surface area contributed by atoms with E-state index in [1.165, 1.54) is 12.1 Å². The first-order chi connectivity index (χ1) is 12.5. The van der Waals surface area contributed by atoms with E-state index in [4.69, 9.17) is 4.42 Å². The Bertz CT molecular complexity index is 879. The summed E-state index contributed by atoms with van der Waals surface area (Å²) >= 11 is 3.33. The first-order valence-electron chi connectivity index (χ1n) is 8.13. The molecule has 0 saturated carbocycles. The second kappa shape index (κ2) is 8.23. The molecule has 1 amide bonds. The maximum absolute atomic E-state index is 13.0. The Morgan fingerprint density at radius 1 is 1.19 bits per heavy atom. The lowest BCUT2D eigenvalue weighted by Crippen LogP contribution is -2.27. The van der Waals surface area contributed by atoms with Crippen molar-refractivity contribution in [2.45, 2.75) is 25.8 Å². The molecule has 2 heterocycles. The van der Waals surface area contributed by atoms with Crippen LogP contribution in [0.5, 0.6) is 0 Å². The van der Waals surface area contributed by atoms with Gasteiger partial charge in [0.2, 0.25) is 5.91 Å². The van der Waals surface area contributed by atoms with E-state index in [1.54, 1.807) is 24.5 Å². The van der Waals surface area contributed by atoms with Crippen LogP contribution in [0.25, 0.3) is 11.3 Å². The molecule has 134 valence electrons. The fraction of sp³-hybridized carbons (Fsp3) is 0.211. The molecule has 0 spiro atoms. The fourth-order valence-corrected chi connectivity index (χ4v) is 2.66. The highest BCUT2D eigenvalue weighted by atomic mass is 79.9. The van der Waals surface area contributed by atoms with E-state index in [0.717, 1.165) is 15.7 Å². The van der Waals surface area contributed by atoms with Crippen LogP contribution >= 0.6 is 15.9 Å². The van der Waals surface area contributed by atoms with Gasteiger partial charge in [0.15, 0.2) is 11.7 Å². The number of rotatable bonds is 6. The largest absolute Gasteiger partial charge is 0.441 e. The van der Waals surface area contributed by atoms with Crippen LogP contribution in [0.4, 0.5) is 4.39 Å². The van der Waals surface area contributed by atoms with Crippen molar-refractivity contribution in [2.75, 3.05) is 0 Å². The summed E-state index contributed by atoms with van der Waals surface area (Å²) < 4.78 is 19.5. The predicted octanol–water partition coefficient (Wildman–Crippen LogP) is 4.45. The van der Waals surface area contributed by atoms with Gasteiger partial charge in [-0.1, -0.05) is 0 Å². The standard InChI is InChI=1S/C19H17BrFN3O2/c1-12(16-7-4-14(20)10-22-16)24-18(25)8-9-19-23-11-17(26-19)13-2-5-15(21)6-3-13/h2-7,10-12H,8-9H2,1H3,(H,24,25). The van der Waals surface area contributed by atoms with E-state index in [2.05, 4.69) is 31.2 Å². The Kier molecular flexibility index (Phi) is 5.78. The van der Waals surface area contributed by atoms with Crippen LogP contribution in [0.1, 0.15) is 31.0 Å². The fourth-order valence-electron chi connectivity index (χ4n) is 2.42. The Morgan fingerprint density at radius 3 is 2.65 bits per heavy atom. The van der Waals surface area contributed by atoms with Crippen molar-refractivity contribution in [3.63, 3.8) is 0 Å². The number of aryl methyl sites for hydroxylation is 1. The zero-order chi connectivity index (χ0) is 18.5. The molecule has 0 aliphatic heterocycles. The van der Waals surface area contributed by atoms with Gasteiger partial charge in [0.05, 0.1) is 17.9 Å². The lowest BCUT2D eigenvalue weighted by molar-refractivity contribution is -0.121. The first kappa shape index (κ1) is 18.3. The molecule has 3 rings (SSSR count). The molecule has 26 heavy (non-hydrogen) atoms. The number of pyridine rings is 1. The second-order valence-corrected chi connectivity index (χ2v) is 6.73. The Balaban J connectivity index is 1.53. The molecule has 0 radical (unpaired) electrons. The summed E-state index contributed by atoms with van der Waals surface area (Å²) in [5, 5.41) is 2.90. The third kappa shape index (κ3) is 4.76. The van der Waals surface area contributed by atoms with E-state index in [9.17, 15) is 9.18 Å². The number of aromatic nitrogens is 2. The number of amides is 1. The number of nitrogens with one attached hydrogen (secondary N) is 1. The van der Waals surface area contributed by atoms with E-state index in [0.29, 0.717) is 18.1 Å². The van der Waals surface area contributed by atoms with Crippen molar-refractivity contribution in [3.05, 3.63) is 70.7 Å². The molecule has 7 heteroatoms. The summed E-state index contributed by atoms with van der Waals surface area (Å²) in [6, 6.07) is 9.53. The molecule has 0 fully saturated rings. The zero-order valence-corrected chi connectivity index (χ0v) is 15.7. The van der Waals surface area contributed by atoms with E-state index in [1.807, 2.05) is 19.1 Å². The molecule has 2 aromatic heterocycles. The minimum absolute atomic E-state index is 0.108. The molecule has 1 aromatic carbocycles. The summed E-state index contributed by atoms with van der Waals surface area (Å²) in [5.41, 5.74) is 1.53. The summed E-state index contributed by atoms with van der Waals surface area (Å²) in [6.45, 7) is 1.88. The van der Waals surface area contributed by atoms with Gasteiger partial charge in [-0.2, -0.15) is 0 Å². The second-order valence-electron chi connectivity index (χ2n) is 5.82. The van der Waals surface area contributed by atoms with Crippen LogP contribution in [-0.4, -0.2) is 15.9 Å². The molecule has 1 unspecified atom stereocenters. The monoisotopic (exact) mass is 417 g/mol. The van der Waals surface area contributed by atoms with E-state index < -0.39 is 0 Å². The highest BCUT2D eigenvalue weighted by Gasteiger charge is 2.13. The smallest absolute Gasteiger partial charge is 0.221 e. The minimum atomic E-state index is -0.306. The Hall–Kier alpha value is -2.54. The number of carbonyl (C=O) groups excluding carboxylic acids is 1. The number of hydrogen-bond acceptors (Lipinski definition) is 4. The van der Waals surface area contributed by atoms with Crippen molar-refractivity contribution in [2.24, 2.45) is 0 Å².